The summed E-state index contributed by atoms with van der Waals surface area (Å²) < 4.78 is 5.50. The van der Waals surface area contributed by atoms with Crippen LogP contribution < -0.4 is 15.0 Å². The van der Waals surface area contributed by atoms with E-state index in [1.807, 2.05) is 24.3 Å². The van der Waals surface area contributed by atoms with E-state index < -0.39 is 0 Å². The zero-order chi connectivity index (χ0) is 21.8. The lowest BCUT2D eigenvalue weighted by Gasteiger charge is -2.29. The Balaban J connectivity index is 1.41. The number of nitrogens with zero attached hydrogens (tertiary/aromatic N) is 2. The van der Waals surface area contributed by atoms with Gasteiger partial charge in [0.15, 0.2) is 6.61 Å². The molecule has 162 valence electrons. The highest BCUT2D eigenvalue weighted by Gasteiger charge is 2.29. The third-order valence-electron chi connectivity index (χ3n) is 5.49. The lowest BCUT2D eigenvalue weighted by atomic mass is 10.1. The van der Waals surface area contributed by atoms with Gasteiger partial charge in [0, 0.05) is 30.2 Å². The Hall–Kier alpha value is -3.06. The molecule has 0 bridgehead atoms. The van der Waals surface area contributed by atoms with Gasteiger partial charge in [-0.15, -0.1) is 0 Å². The number of halogens is 1. The molecule has 8 heteroatoms. The molecule has 2 aliphatic rings. The van der Waals surface area contributed by atoms with Crippen LogP contribution in [0.4, 0.5) is 5.69 Å². The molecule has 0 aromatic heterocycles. The molecule has 0 saturated carbocycles. The predicted octanol–water partition coefficient (Wildman–Crippen LogP) is 2.66. The Morgan fingerprint density at radius 3 is 2.55 bits per heavy atom. The Bertz CT molecular complexity index is 987. The molecule has 4 rings (SSSR count). The van der Waals surface area contributed by atoms with Crippen molar-refractivity contribution < 1.29 is 19.1 Å². The summed E-state index contributed by atoms with van der Waals surface area (Å²) in [5.41, 5.74) is 2.00. The summed E-state index contributed by atoms with van der Waals surface area (Å²) in [6, 6.07) is 12.5. The van der Waals surface area contributed by atoms with Gasteiger partial charge in [-0.3, -0.25) is 19.3 Å². The molecule has 31 heavy (non-hydrogen) atoms. The van der Waals surface area contributed by atoms with Crippen LogP contribution in [0.2, 0.25) is 5.02 Å². The predicted molar refractivity (Wildman–Crippen MR) is 118 cm³/mol. The molecule has 0 unspecified atom stereocenters. The van der Waals surface area contributed by atoms with Crippen molar-refractivity contribution in [3.8, 4) is 5.75 Å². The van der Waals surface area contributed by atoms with E-state index in [1.165, 1.54) is 4.90 Å². The normalized spacial score (nSPS) is 15.5. The molecule has 0 aliphatic carbocycles. The molecule has 2 aromatic rings. The van der Waals surface area contributed by atoms with Gasteiger partial charge in [0.25, 0.3) is 11.8 Å². The highest BCUT2D eigenvalue weighted by molar-refractivity contribution is 6.30. The number of carbonyl (C=O) groups excluding carboxylic acids is 3. The molecule has 3 amide bonds. The Morgan fingerprint density at radius 2 is 1.81 bits per heavy atom. The second-order valence-electron chi connectivity index (χ2n) is 7.68. The second-order valence-corrected chi connectivity index (χ2v) is 8.11. The van der Waals surface area contributed by atoms with Crippen molar-refractivity contribution in [3.63, 3.8) is 0 Å². The van der Waals surface area contributed by atoms with Gasteiger partial charge >= 0.3 is 0 Å². The van der Waals surface area contributed by atoms with Crippen molar-refractivity contribution >= 4 is 35.0 Å². The van der Waals surface area contributed by atoms with Gasteiger partial charge in [-0.25, -0.2) is 0 Å². The number of nitrogens with one attached hydrogen (secondary N) is 1. The van der Waals surface area contributed by atoms with Crippen LogP contribution in [-0.2, 0) is 16.0 Å². The van der Waals surface area contributed by atoms with Crippen molar-refractivity contribution in [1.29, 1.82) is 0 Å². The number of hydrogen-bond acceptors (Lipinski definition) is 4. The third kappa shape index (κ3) is 4.99. The molecular weight excluding hydrogens is 418 g/mol. The first-order valence-electron chi connectivity index (χ1n) is 10.4. The first-order valence-corrected chi connectivity index (χ1v) is 10.8. The van der Waals surface area contributed by atoms with Crippen LogP contribution in [-0.4, -0.2) is 55.4 Å². The summed E-state index contributed by atoms with van der Waals surface area (Å²) in [7, 11) is 0. The molecule has 1 N–H and O–H groups in total. The van der Waals surface area contributed by atoms with E-state index in [4.69, 9.17) is 16.3 Å². The second kappa shape index (κ2) is 9.39. The summed E-state index contributed by atoms with van der Waals surface area (Å²) in [5, 5.41) is 3.51. The molecule has 1 fully saturated rings. The van der Waals surface area contributed by atoms with Crippen molar-refractivity contribution in [1.82, 2.24) is 10.2 Å². The average Bonchev–Trinajstić information content (AvgIpc) is 3.31. The maximum atomic E-state index is 12.7. The highest BCUT2D eigenvalue weighted by atomic mass is 35.5. The maximum absolute atomic E-state index is 12.7. The minimum atomic E-state index is -0.314. The minimum absolute atomic E-state index is 0.0642. The van der Waals surface area contributed by atoms with E-state index in [9.17, 15) is 14.4 Å². The van der Waals surface area contributed by atoms with E-state index in [1.54, 1.807) is 23.1 Å². The van der Waals surface area contributed by atoms with E-state index >= 15 is 0 Å². The summed E-state index contributed by atoms with van der Waals surface area (Å²) in [6.45, 7) is 1.66. The molecule has 0 spiro atoms. The van der Waals surface area contributed by atoms with E-state index in [2.05, 4.69) is 5.32 Å². The number of amides is 3. The summed E-state index contributed by atoms with van der Waals surface area (Å²) >= 11 is 5.89. The number of carbonyl (C=O) groups is 3. The summed E-state index contributed by atoms with van der Waals surface area (Å²) in [4.78, 5) is 40.9. The molecule has 7 nitrogen and oxygen atoms in total. The monoisotopic (exact) mass is 441 g/mol. The standard InChI is InChI=1S/C23H24ClN3O4/c24-18-6-3-16(4-7-18)9-10-25-21(28)14-27-19-13-17(23(30)26-11-1-2-12-26)5-8-20(19)31-15-22(27)29/h3-8,13H,1-2,9-12,14-15H2,(H,25,28). The lowest BCUT2D eigenvalue weighted by Crippen LogP contribution is -2.45. The smallest absolute Gasteiger partial charge is 0.265 e. The number of anilines is 1. The van der Waals surface area contributed by atoms with Crippen LogP contribution in [0, 0.1) is 0 Å². The maximum Gasteiger partial charge on any atom is 0.265 e. The van der Waals surface area contributed by atoms with E-state index in [-0.39, 0.29) is 30.9 Å². The van der Waals surface area contributed by atoms with Gasteiger partial charge in [-0.1, -0.05) is 23.7 Å². The first-order chi connectivity index (χ1) is 15.0. The quantitative estimate of drug-likeness (QED) is 0.747. The number of benzene rings is 2. The number of rotatable bonds is 6. The number of likely N-dealkylation sites (tertiary alicyclic amines) is 1. The van der Waals surface area contributed by atoms with Gasteiger partial charge in [0.2, 0.25) is 5.91 Å². The fraction of sp³-hybridized carbons (Fsp3) is 0.348. The van der Waals surface area contributed by atoms with E-state index in [0.717, 1.165) is 31.5 Å². The fourth-order valence-electron chi connectivity index (χ4n) is 3.81. The molecular formula is C23H24ClN3O4. The van der Waals surface area contributed by atoms with Crippen LogP contribution in [0.25, 0.3) is 0 Å². The summed E-state index contributed by atoms with van der Waals surface area (Å²) in [6.07, 6.45) is 2.66. The first kappa shape index (κ1) is 21.2. The van der Waals surface area contributed by atoms with Gasteiger partial charge in [-0.05, 0) is 55.2 Å². The van der Waals surface area contributed by atoms with Gasteiger partial charge in [-0.2, -0.15) is 0 Å². The fourth-order valence-corrected chi connectivity index (χ4v) is 3.93. The van der Waals surface area contributed by atoms with Crippen molar-refractivity contribution in [2.24, 2.45) is 0 Å². The van der Waals surface area contributed by atoms with Crippen molar-refractivity contribution in [2.75, 3.05) is 37.7 Å². The lowest BCUT2D eigenvalue weighted by molar-refractivity contribution is -0.125. The van der Waals surface area contributed by atoms with Crippen LogP contribution in [0.5, 0.6) is 5.75 Å². The molecule has 2 aromatic carbocycles. The topological polar surface area (TPSA) is 79.0 Å². The summed E-state index contributed by atoms with van der Waals surface area (Å²) in [5.74, 6) is -0.158. The largest absolute Gasteiger partial charge is 0.482 e. The van der Waals surface area contributed by atoms with Gasteiger partial charge in [0.05, 0.1) is 5.69 Å². The van der Waals surface area contributed by atoms with Crippen LogP contribution >= 0.6 is 11.6 Å². The van der Waals surface area contributed by atoms with Crippen LogP contribution in [0.1, 0.15) is 28.8 Å². The zero-order valence-electron chi connectivity index (χ0n) is 17.1. The number of ether oxygens (including phenoxy) is 1. The SMILES string of the molecule is O=C(CN1C(=O)COc2ccc(C(=O)N3CCCC3)cc21)NCCc1ccc(Cl)cc1. The van der Waals surface area contributed by atoms with Crippen LogP contribution in [0.15, 0.2) is 42.5 Å². The zero-order valence-corrected chi connectivity index (χ0v) is 17.9. The molecule has 1 saturated heterocycles. The Labute approximate surface area is 185 Å². The molecule has 0 radical (unpaired) electrons. The molecule has 2 heterocycles. The van der Waals surface area contributed by atoms with E-state index in [0.29, 0.717) is 35.0 Å². The number of fused-ring (bicyclic) bond motifs is 1. The number of hydrogen-bond donors (Lipinski definition) is 1. The molecule has 0 atom stereocenters. The third-order valence-corrected chi connectivity index (χ3v) is 5.74. The Morgan fingerprint density at radius 1 is 1.06 bits per heavy atom. The van der Waals surface area contributed by atoms with Crippen molar-refractivity contribution in [2.45, 2.75) is 19.3 Å². The van der Waals surface area contributed by atoms with Gasteiger partial charge in [0.1, 0.15) is 12.3 Å². The highest BCUT2D eigenvalue weighted by Crippen LogP contribution is 2.33. The van der Waals surface area contributed by atoms with Crippen LogP contribution in [0.3, 0.4) is 0 Å². The minimum Gasteiger partial charge on any atom is -0.482 e. The molecule has 2 aliphatic heterocycles. The Kier molecular flexibility index (Phi) is 6.42. The van der Waals surface area contributed by atoms with Gasteiger partial charge < -0.3 is 15.0 Å². The average molecular weight is 442 g/mol. The van der Waals surface area contributed by atoms with Crippen molar-refractivity contribution in [3.05, 3.63) is 58.6 Å².